The van der Waals surface area contributed by atoms with Gasteiger partial charge in [0, 0.05) is 6.54 Å². The van der Waals surface area contributed by atoms with Crippen molar-refractivity contribution in [1.82, 2.24) is 15.6 Å². The van der Waals surface area contributed by atoms with E-state index in [1.54, 1.807) is 6.08 Å². The molecule has 0 radical (unpaired) electrons. The van der Waals surface area contributed by atoms with E-state index in [9.17, 15) is 4.79 Å². The van der Waals surface area contributed by atoms with E-state index >= 15 is 0 Å². The lowest BCUT2D eigenvalue weighted by atomic mass is 10.4. The summed E-state index contributed by atoms with van der Waals surface area (Å²) in [6, 6.07) is -0.261. The van der Waals surface area contributed by atoms with Gasteiger partial charge in [-0.3, -0.25) is 0 Å². The predicted octanol–water partition coefficient (Wildman–Crippen LogP) is 1.28. The van der Waals surface area contributed by atoms with Crippen molar-refractivity contribution in [2.45, 2.75) is 20.4 Å². The zero-order chi connectivity index (χ0) is 11.3. The molecule has 1 aromatic heterocycles. The highest BCUT2D eigenvalue weighted by molar-refractivity contribution is 5.73. The van der Waals surface area contributed by atoms with Crippen molar-refractivity contribution in [2.24, 2.45) is 0 Å². The smallest absolute Gasteiger partial charge is 0.315 e. The van der Waals surface area contributed by atoms with Crippen LogP contribution in [0.15, 0.2) is 17.1 Å². The second-order valence-corrected chi connectivity index (χ2v) is 3.10. The van der Waals surface area contributed by atoms with Gasteiger partial charge in [-0.1, -0.05) is 6.08 Å². The lowest BCUT2D eigenvalue weighted by Crippen LogP contribution is -2.35. The molecule has 15 heavy (non-hydrogen) atoms. The molecule has 0 bridgehead atoms. The topological polar surface area (TPSA) is 67.2 Å². The van der Waals surface area contributed by atoms with Gasteiger partial charge in [-0.05, 0) is 13.8 Å². The average Bonchev–Trinajstić information content (AvgIpc) is 2.52. The SMILES string of the molecule is C=CCNC(=O)NCc1nc(C)c(C)o1. The molecule has 0 spiro atoms. The van der Waals surface area contributed by atoms with E-state index in [0.29, 0.717) is 12.4 Å². The first-order chi connectivity index (χ1) is 7.13. The van der Waals surface area contributed by atoms with Crippen LogP contribution in [0.1, 0.15) is 17.3 Å². The molecule has 0 aliphatic carbocycles. The van der Waals surface area contributed by atoms with Crippen molar-refractivity contribution >= 4 is 6.03 Å². The van der Waals surface area contributed by atoms with E-state index < -0.39 is 0 Å². The molecule has 1 heterocycles. The second-order valence-electron chi connectivity index (χ2n) is 3.10. The van der Waals surface area contributed by atoms with Crippen molar-refractivity contribution < 1.29 is 9.21 Å². The zero-order valence-corrected chi connectivity index (χ0v) is 8.96. The van der Waals surface area contributed by atoms with E-state index in [0.717, 1.165) is 11.5 Å². The summed E-state index contributed by atoms with van der Waals surface area (Å²) in [4.78, 5) is 15.3. The van der Waals surface area contributed by atoms with Crippen molar-refractivity contribution in [3.8, 4) is 0 Å². The predicted molar refractivity (Wildman–Crippen MR) is 56.4 cm³/mol. The summed E-state index contributed by atoms with van der Waals surface area (Å²) in [6.07, 6.45) is 1.61. The fraction of sp³-hybridized carbons (Fsp3) is 0.400. The van der Waals surface area contributed by atoms with Gasteiger partial charge in [0.2, 0.25) is 5.89 Å². The van der Waals surface area contributed by atoms with Crippen molar-refractivity contribution in [2.75, 3.05) is 6.54 Å². The Kier molecular flexibility index (Phi) is 3.91. The highest BCUT2D eigenvalue weighted by Gasteiger charge is 2.06. The Morgan fingerprint density at radius 2 is 2.27 bits per heavy atom. The molecule has 82 valence electrons. The molecule has 5 heteroatoms. The maximum atomic E-state index is 11.1. The Labute approximate surface area is 88.6 Å². The Hall–Kier alpha value is -1.78. The van der Waals surface area contributed by atoms with Gasteiger partial charge >= 0.3 is 6.03 Å². The maximum Gasteiger partial charge on any atom is 0.315 e. The van der Waals surface area contributed by atoms with Gasteiger partial charge in [0.05, 0.1) is 12.2 Å². The van der Waals surface area contributed by atoms with Crippen LogP contribution in [0.5, 0.6) is 0 Å². The van der Waals surface area contributed by atoms with E-state index in [-0.39, 0.29) is 12.6 Å². The van der Waals surface area contributed by atoms with Crippen molar-refractivity contribution in [3.63, 3.8) is 0 Å². The van der Waals surface area contributed by atoms with Crippen LogP contribution in [0.3, 0.4) is 0 Å². The fourth-order valence-electron chi connectivity index (χ4n) is 0.998. The number of carbonyl (C=O) groups excluding carboxylic acids is 1. The summed E-state index contributed by atoms with van der Waals surface area (Å²) < 4.78 is 5.30. The first kappa shape index (κ1) is 11.3. The van der Waals surface area contributed by atoms with Crippen molar-refractivity contribution in [3.05, 3.63) is 30.0 Å². The van der Waals surface area contributed by atoms with Crippen LogP contribution in [0.25, 0.3) is 0 Å². The summed E-state index contributed by atoms with van der Waals surface area (Å²) >= 11 is 0. The molecule has 5 nitrogen and oxygen atoms in total. The number of urea groups is 1. The van der Waals surface area contributed by atoms with Gasteiger partial charge in [0.25, 0.3) is 0 Å². The van der Waals surface area contributed by atoms with Crippen LogP contribution < -0.4 is 10.6 Å². The van der Waals surface area contributed by atoms with Crippen LogP contribution in [-0.2, 0) is 6.54 Å². The number of oxazole rings is 1. The lowest BCUT2D eigenvalue weighted by molar-refractivity contribution is 0.240. The van der Waals surface area contributed by atoms with Crippen LogP contribution in [-0.4, -0.2) is 17.6 Å². The summed E-state index contributed by atoms with van der Waals surface area (Å²) in [5.74, 6) is 1.29. The molecule has 0 fully saturated rings. The quantitative estimate of drug-likeness (QED) is 0.734. The minimum absolute atomic E-state index is 0.261. The third-order valence-electron chi connectivity index (χ3n) is 1.88. The Bertz CT molecular complexity index is 338. The summed E-state index contributed by atoms with van der Waals surface area (Å²) in [7, 11) is 0. The third-order valence-corrected chi connectivity index (χ3v) is 1.88. The number of hydrogen-bond donors (Lipinski definition) is 2. The van der Waals surface area contributed by atoms with Crippen molar-refractivity contribution in [1.29, 1.82) is 0 Å². The van der Waals surface area contributed by atoms with Gasteiger partial charge in [-0.15, -0.1) is 6.58 Å². The highest BCUT2D eigenvalue weighted by atomic mass is 16.4. The summed E-state index contributed by atoms with van der Waals surface area (Å²) in [6.45, 7) is 7.92. The molecule has 1 aromatic rings. The number of carbonyl (C=O) groups is 1. The molecular weight excluding hydrogens is 194 g/mol. The molecule has 0 aromatic carbocycles. The van der Waals surface area contributed by atoms with Crippen LogP contribution >= 0.6 is 0 Å². The Balaban J connectivity index is 2.36. The van der Waals surface area contributed by atoms with Gasteiger partial charge in [0.1, 0.15) is 5.76 Å². The van der Waals surface area contributed by atoms with E-state index in [2.05, 4.69) is 22.2 Å². The first-order valence-corrected chi connectivity index (χ1v) is 4.69. The minimum atomic E-state index is -0.261. The molecule has 0 unspecified atom stereocenters. The van der Waals surface area contributed by atoms with E-state index in [1.807, 2.05) is 13.8 Å². The number of aromatic nitrogens is 1. The molecule has 0 atom stereocenters. The Morgan fingerprint density at radius 1 is 1.53 bits per heavy atom. The zero-order valence-electron chi connectivity index (χ0n) is 8.96. The van der Waals surface area contributed by atoms with Crippen LogP contribution in [0.2, 0.25) is 0 Å². The number of amides is 2. The fourth-order valence-corrected chi connectivity index (χ4v) is 0.998. The molecule has 1 rings (SSSR count). The Morgan fingerprint density at radius 3 is 2.80 bits per heavy atom. The number of hydrogen-bond acceptors (Lipinski definition) is 3. The maximum absolute atomic E-state index is 11.1. The first-order valence-electron chi connectivity index (χ1n) is 4.69. The largest absolute Gasteiger partial charge is 0.444 e. The van der Waals surface area contributed by atoms with Gasteiger partial charge < -0.3 is 15.1 Å². The molecule has 0 aliphatic heterocycles. The van der Waals surface area contributed by atoms with E-state index in [4.69, 9.17) is 4.42 Å². The molecule has 0 saturated heterocycles. The number of nitrogens with zero attached hydrogens (tertiary/aromatic N) is 1. The molecule has 2 N–H and O–H groups in total. The number of nitrogens with one attached hydrogen (secondary N) is 2. The summed E-state index contributed by atoms with van der Waals surface area (Å²) in [5.41, 5.74) is 0.846. The van der Waals surface area contributed by atoms with Gasteiger partial charge in [-0.25, -0.2) is 9.78 Å². The molecule has 0 saturated carbocycles. The highest BCUT2D eigenvalue weighted by Crippen LogP contribution is 2.07. The summed E-state index contributed by atoms with van der Waals surface area (Å²) in [5, 5.41) is 5.21. The number of rotatable bonds is 4. The van der Waals surface area contributed by atoms with E-state index in [1.165, 1.54) is 0 Å². The minimum Gasteiger partial charge on any atom is -0.444 e. The van der Waals surface area contributed by atoms with Crippen LogP contribution in [0.4, 0.5) is 4.79 Å². The molecular formula is C10H15N3O2. The lowest BCUT2D eigenvalue weighted by Gasteiger charge is -2.02. The van der Waals surface area contributed by atoms with Gasteiger partial charge in [0.15, 0.2) is 0 Å². The number of aryl methyl sites for hydroxylation is 2. The molecule has 0 aliphatic rings. The monoisotopic (exact) mass is 209 g/mol. The third kappa shape index (κ3) is 3.46. The second kappa shape index (κ2) is 5.19. The van der Waals surface area contributed by atoms with Crippen LogP contribution in [0, 0.1) is 13.8 Å². The normalized spacial score (nSPS) is 9.73. The standard InChI is InChI=1S/C10H15N3O2/c1-4-5-11-10(14)12-6-9-13-7(2)8(3)15-9/h4H,1,5-6H2,2-3H3,(H2,11,12,14). The average molecular weight is 209 g/mol. The van der Waals surface area contributed by atoms with Gasteiger partial charge in [-0.2, -0.15) is 0 Å². The molecule has 2 amide bonds.